The maximum Gasteiger partial charge on any atom is 0.0869 e. The van der Waals surface area contributed by atoms with E-state index >= 15 is 0 Å². The molecule has 11 heavy (non-hydrogen) atoms. The average Bonchev–Trinajstić information content (AvgIpc) is 2.03. The highest BCUT2D eigenvalue weighted by Gasteiger charge is 1.80. The van der Waals surface area contributed by atoms with Crippen molar-refractivity contribution in [3.05, 3.63) is 36.1 Å². The lowest BCUT2D eigenvalue weighted by atomic mass is 10.3. The van der Waals surface area contributed by atoms with Gasteiger partial charge in [0.25, 0.3) is 0 Å². The van der Waals surface area contributed by atoms with Crippen LogP contribution in [0.15, 0.2) is 41.1 Å². The van der Waals surface area contributed by atoms with Crippen molar-refractivity contribution in [2.24, 2.45) is 4.99 Å². The van der Waals surface area contributed by atoms with Crippen LogP contribution < -0.4 is 5.32 Å². The molecular formula is C9H12N2. The van der Waals surface area contributed by atoms with Crippen LogP contribution in [0.5, 0.6) is 0 Å². The average molecular weight is 148 g/mol. The van der Waals surface area contributed by atoms with Crippen molar-refractivity contribution in [1.82, 2.24) is 5.32 Å². The van der Waals surface area contributed by atoms with E-state index in [1.807, 2.05) is 37.3 Å². The van der Waals surface area contributed by atoms with Crippen LogP contribution in [0.4, 0.5) is 0 Å². The molecule has 0 radical (unpaired) electrons. The maximum absolute atomic E-state index is 4.09. The number of hydrogen-bond acceptors (Lipinski definition) is 2. The molecule has 0 saturated heterocycles. The monoisotopic (exact) mass is 148 g/mol. The number of rotatable bonds is 0. The normalized spacial score (nSPS) is 23.2. The van der Waals surface area contributed by atoms with Crippen LogP contribution in [-0.2, 0) is 0 Å². The summed E-state index contributed by atoms with van der Waals surface area (Å²) in [5, 5.41) is 3.04. The Labute approximate surface area is 67.0 Å². The zero-order chi connectivity index (χ0) is 7.94. The standard InChI is InChI=1S/C9H12N2/c1-9-6-4-2-3-5-7-10-8-11-9/h2-6,8H,7H2,1H3,(H,10,11)/b4-2-,5-3-,9-6?. The SMILES string of the molecule is CC1=C/C=C\C=C/CN=CN1. The van der Waals surface area contributed by atoms with Crippen LogP contribution >= 0.6 is 0 Å². The van der Waals surface area contributed by atoms with Crippen molar-refractivity contribution in [1.29, 1.82) is 0 Å². The van der Waals surface area contributed by atoms with Gasteiger partial charge in [0.05, 0.1) is 12.9 Å². The van der Waals surface area contributed by atoms with Crippen LogP contribution in [0, 0.1) is 0 Å². The molecule has 0 atom stereocenters. The summed E-state index contributed by atoms with van der Waals surface area (Å²) < 4.78 is 0. The molecule has 1 heterocycles. The van der Waals surface area contributed by atoms with E-state index in [-0.39, 0.29) is 0 Å². The molecule has 0 amide bonds. The molecule has 0 aromatic heterocycles. The summed E-state index contributed by atoms with van der Waals surface area (Å²) in [7, 11) is 0. The molecule has 1 rings (SSSR count). The van der Waals surface area contributed by atoms with Gasteiger partial charge in [0.1, 0.15) is 0 Å². The molecule has 1 N–H and O–H groups in total. The molecule has 0 aromatic rings. The van der Waals surface area contributed by atoms with Gasteiger partial charge < -0.3 is 5.32 Å². The largest absolute Gasteiger partial charge is 0.350 e. The third kappa shape index (κ3) is 3.40. The molecule has 0 saturated carbocycles. The molecular weight excluding hydrogens is 136 g/mol. The molecule has 0 fully saturated rings. The molecule has 0 bridgehead atoms. The van der Waals surface area contributed by atoms with Gasteiger partial charge in [-0.15, -0.1) is 0 Å². The number of nitrogens with one attached hydrogen (secondary N) is 1. The first-order valence-electron chi connectivity index (χ1n) is 3.64. The van der Waals surface area contributed by atoms with Gasteiger partial charge in [-0.1, -0.05) is 24.3 Å². The highest BCUT2D eigenvalue weighted by Crippen LogP contribution is 1.88. The second kappa shape index (κ2) is 4.50. The lowest BCUT2D eigenvalue weighted by Gasteiger charge is -1.97. The Morgan fingerprint density at radius 3 is 3.18 bits per heavy atom. The number of nitrogens with zero attached hydrogens (tertiary/aromatic N) is 1. The highest BCUT2D eigenvalue weighted by molar-refractivity contribution is 5.57. The fourth-order valence-corrected chi connectivity index (χ4v) is 0.713. The predicted octanol–water partition coefficient (Wildman–Crippen LogP) is 1.63. The molecule has 1 aliphatic rings. The summed E-state index contributed by atoms with van der Waals surface area (Å²) in [6, 6.07) is 0. The topological polar surface area (TPSA) is 24.4 Å². The Morgan fingerprint density at radius 1 is 1.36 bits per heavy atom. The van der Waals surface area contributed by atoms with E-state index in [2.05, 4.69) is 10.3 Å². The molecule has 1 aliphatic heterocycles. The first-order chi connectivity index (χ1) is 5.39. The molecule has 0 unspecified atom stereocenters. The Balaban J connectivity index is 2.64. The molecule has 0 aromatic carbocycles. The lowest BCUT2D eigenvalue weighted by Crippen LogP contribution is -2.07. The summed E-state index contributed by atoms with van der Waals surface area (Å²) in [5.74, 6) is 0. The molecule has 0 spiro atoms. The van der Waals surface area contributed by atoms with Gasteiger partial charge in [-0.25, -0.2) is 0 Å². The molecule has 2 heteroatoms. The van der Waals surface area contributed by atoms with E-state index in [9.17, 15) is 0 Å². The van der Waals surface area contributed by atoms with Gasteiger partial charge in [-0.2, -0.15) is 0 Å². The second-order valence-electron chi connectivity index (χ2n) is 2.30. The third-order valence-corrected chi connectivity index (χ3v) is 1.30. The van der Waals surface area contributed by atoms with Gasteiger partial charge in [-0.3, -0.25) is 4.99 Å². The second-order valence-corrected chi connectivity index (χ2v) is 2.30. The van der Waals surface area contributed by atoms with E-state index < -0.39 is 0 Å². The van der Waals surface area contributed by atoms with Crippen LogP contribution in [0.1, 0.15) is 6.92 Å². The summed E-state index contributed by atoms with van der Waals surface area (Å²) in [5.41, 5.74) is 1.10. The van der Waals surface area contributed by atoms with Gasteiger partial charge in [0.15, 0.2) is 0 Å². The van der Waals surface area contributed by atoms with Crippen molar-refractivity contribution >= 4 is 6.34 Å². The van der Waals surface area contributed by atoms with Crippen LogP contribution in [0.25, 0.3) is 0 Å². The number of hydrogen-bond donors (Lipinski definition) is 1. The van der Waals surface area contributed by atoms with Crippen molar-refractivity contribution in [2.45, 2.75) is 6.92 Å². The molecule has 0 aliphatic carbocycles. The summed E-state index contributed by atoms with van der Waals surface area (Å²) >= 11 is 0. The zero-order valence-corrected chi connectivity index (χ0v) is 6.62. The van der Waals surface area contributed by atoms with E-state index in [1.54, 1.807) is 6.34 Å². The van der Waals surface area contributed by atoms with Crippen LogP contribution in [-0.4, -0.2) is 12.9 Å². The molecule has 2 nitrogen and oxygen atoms in total. The Bertz CT molecular complexity index is 222. The van der Waals surface area contributed by atoms with Crippen molar-refractivity contribution in [2.75, 3.05) is 6.54 Å². The fourth-order valence-electron chi connectivity index (χ4n) is 0.713. The highest BCUT2D eigenvalue weighted by atomic mass is 14.9. The van der Waals surface area contributed by atoms with Gasteiger partial charge >= 0.3 is 0 Å². The van der Waals surface area contributed by atoms with E-state index in [0.29, 0.717) is 0 Å². The number of aliphatic imine (C=N–C) groups is 1. The van der Waals surface area contributed by atoms with Crippen LogP contribution in [0.2, 0.25) is 0 Å². The Kier molecular flexibility index (Phi) is 3.19. The first-order valence-corrected chi connectivity index (χ1v) is 3.64. The van der Waals surface area contributed by atoms with Gasteiger partial charge in [0.2, 0.25) is 0 Å². The minimum Gasteiger partial charge on any atom is -0.350 e. The van der Waals surface area contributed by atoms with E-state index in [0.717, 1.165) is 12.2 Å². The first kappa shape index (κ1) is 7.79. The number of allylic oxidation sites excluding steroid dienone is 5. The van der Waals surface area contributed by atoms with Crippen molar-refractivity contribution in [3.63, 3.8) is 0 Å². The van der Waals surface area contributed by atoms with Gasteiger partial charge in [0, 0.05) is 5.70 Å². The van der Waals surface area contributed by atoms with Crippen LogP contribution in [0.3, 0.4) is 0 Å². The van der Waals surface area contributed by atoms with Crippen molar-refractivity contribution < 1.29 is 0 Å². The zero-order valence-electron chi connectivity index (χ0n) is 6.62. The Morgan fingerprint density at radius 2 is 2.27 bits per heavy atom. The summed E-state index contributed by atoms with van der Waals surface area (Å²) in [4.78, 5) is 4.09. The lowest BCUT2D eigenvalue weighted by molar-refractivity contribution is 1.11. The smallest absolute Gasteiger partial charge is 0.0869 e. The minimum absolute atomic E-state index is 0.741. The summed E-state index contributed by atoms with van der Waals surface area (Å²) in [6.45, 7) is 2.74. The minimum atomic E-state index is 0.741. The third-order valence-electron chi connectivity index (χ3n) is 1.30. The maximum atomic E-state index is 4.09. The quantitative estimate of drug-likeness (QED) is 0.554. The van der Waals surface area contributed by atoms with Gasteiger partial charge in [-0.05, 0) is 13.0 Å². The molecule has 58 valence electrons. The fraction of sp³-hybridized carbons (Fsp3) is 0.222. The van der Waals surface area contributed by atoms with E-state index in [4.69, 9.17) is 0 Å². The predicted molar refractivity (Wildman–Crippen MR) is 48.5 cm³/mol. The Hall–Kier alpha value is -1.31. The van der Waals surface area contributed by atoms with Crippen molar-refractivity contribution in [3.8, 4) is 0 Å². The van der Waals surface area contributed by atoms with E-state index in [1.165, 1.54) is 0 Å². The summed E-state index contributed by atoms with van der Waals surface area (Å²) in [6.07, 6.45) is 11.7.